The highest BCUT2D eigenvalue weighted by atomic mass is 16.5. The molecule has 1 aliphatic heterocycles. The van der Waals surface area contributed by atoms with E-state index in [9.17, 15) is 4.79 Å². The van der Waals surface area contributed by atoms with Crippen LogP contribution >= 0.6 is 0 Å². The second-order valence-electron chi connectivity index (χ2n) is 6.44. The van der Waals surface area contributed by atoms with Gasteiger partial charge in [-0.05, 0) is 38.5 Å². The Balaban J connectivity index is 1.57. The first-order valence-corrected chi connectivity index (χ1v) is 8.68. The summed E-state index contributed by atoms with van der Waals surface area (Å²) >= 11 is 0. The maximum absolute atomic E-state index is 12.4. The van der Waals surface area contributed by atoms with Crippen molar-refractivity contribution in [3.05, 3.63) is 46.8 Å². The highest BCUT2D eigenvalue weighted by Gasteiger charge is 2.22. The van der Waals surface area contributed by atoms with Gasteiger partial charge in [-0.1, -0.05) is 17.3 Å². The lowest BCUT2D eigenvalue weighted by atomic mass is 9.98. The van der Waals surface area contributed by atoms with Crippen LogP contribution in [-0.2, 0) is 16.1 Å². The topological polar surface area (TPSA) is 67.6 Å². The number of hydrogen-bond donors (Lipinski definition) is 1. The number of nitrogens with one attached hydrogen (secondary N) is 1. The van der Waals surface area contributed by atoms with E-state index in [-0.39, 0.29) is 11.8 Å². The number of ether oxygens (including phenoxy) is 1. The van der Waals surface area contributed by atoms with E-state index in [2.05, 4.69) is 39.6 Å². The Kier molecular flexibility index (Phi) is 5.38. The Morgan fingerprint density at radius 2 is 1.92 bits per heavy atom. The molecule has 1 aromatic heterocycles. The van der Waals surface area contributed by atoms with Crippen LogP contribution < -0.4 is 10.2 Å². The molecule has 0 aliphatic carbocycles. The minimum atomic E-state index is -0.279. The fourth-order valence-electron chi connectivity index (χ4n) is 3.23. The molecule has 2 aromatic rings. The van der Waals surface area contributed by atoms with Gasteiger partial charge in [0.1, 0.15) is 5.76 Å². The molecule has 0 spiro atoms. The molecule has 2 heterocycles. The van der Waals surface area contributed by atoms with Crippen LogP contribution in [0.25, 0.3) is 0 Å². The zero-order valence-electron chi connectivity index (χ0n) is 15.0. The van der Waals surface area contributed by atoms with Crippen LogP contribution in [0.3, 0.4) is 0 Å². The van der Waals surface area contributed by atoms with Crippen molar-refractivity contribution in [2.24, 2.45) is 0 Å². The Labute approximate surface area is 148 Å². The molecular weight excluding hydrogens is 318 g/mol. The largest absolute Gasteiger partial charge is 0.378 e. The standard InChI is InChI=1S/C19H25N3O3/c1-13(18-14(2)21-25-15(18)3)19(23)20-12-16-4-6-17(7-5-16)22-8-10-24-11-9-22/h4-7,13H,8-12H2,1-3H3,(H,20,23). The zero-order valence-corrected chi connectivity index (χ0v) is 15.0. The number of aryl methyl sites for hydroxylation is 2. The van der Waals surface area contributed by atoms with Crippen LogP contribution in [0.4, 0.5) is 5.69 Å². The molecule has 1 aromatic carbocycles. The third-order valence-corrected chi connectivity index (χ3v) is 4.69. The van der Waals surface area contributed by atoms with E-state index in [4.69, 9.17) is 9.26 Å². The second kappa shape index (κ2) is 7.70. The van der Waals surface area contributed by atoms with Gasteiger partial charge in [-0.25, -0.2) is 0 Å². The predicted molar refractivity (Wildman–Crippen MR) is 95.7 cm³/mol. The lowest BCUT2D eigenvalue weighted by Crippen LogP contribution is -2.36. The number of carbonyl (C=O) groups is 1. The summed E-state index contributed by atoms with van der Waals surface area (Å²) in [5.74, 6) is 0.403. The van der Waals surface area contributed by atoms with Crippen molar-refractivity contribution >= 4 is 11.6 Å². The van der Waals surface area contributed by atoms with Crippen LogP contribution in [0.1, 0.15) is 35.4 Å². The summed E-state index contributed by atoms with van der Waals surface area (Å²) in [5, 5.41) is 6.92. The highest BCUT2D eigenvalue weighted by Crippen LogP contribution is 2.23. The van der Waals surface area contributed by atoms with Gasteiger partial charge in [0, 0.05) is 30.9 Å². The van der Waals surface area contributed by atoms with Crippen LogP contribution in [0.5, 0.6) is 0 Å². The number of morpholine rings is 1. The Bertz CT molecular complexity index is 699. The van der Waals surface area contributed by atoms with Gasteiger partial charge in [-0.2, -0.15) is 0 Å². The molecule has 1 amide bonds. The number of amides is 1. The molecule has 6 nitrogen and oxygen atoms in total. The van der Waals surface area contributed by atoms with Crippen molar-refractivity contribution in [1.29, 1.82) is 0 Å². The summed E-state index contributed by atoms with van der Waals surface area (Å²) in [4.78, 5) is 14.7. The van der Waals surface area contributed by atoms with E-state index in [1.807, 2.05) is 20.8 Å². The maximum Gasteiger partial charge on any atom is 0.227 e. The number of benzene rings is 1. The predicted octanol–water partition coefficient (Wildman–Crippen LogP) is 2.55. The number of hydrogen-bond acceptors (Lipinski definition) is 5. The monoisotopic (exact) mass is 343 g/mol. The first-order valence-electron chi connectivity index (χ1n) is 8.68. The average molecular weight is 343 g/mol. The van der Waals surface area contributed by atoms with Gasteiger partial charge in [-0.3, -0.25) is 4.79 Å². The fourth-order valence-corrected chi connectivity index (χ4v) is 3.23. The minimum Gasteiger partial charge on any atom is -0.378 e. The Morgan fingerprint density at radius 1 is 1.24 bits per heavy atom. The minimum absolute atomic E-state index is 0.0216. The van der Waals surface area contributed by atoms with Crippen molar-refractivity contribution in [1.82, 2.24) is 10.5 Å². The lowest BCUT2D eigenvalue weighted by Gasteiger charge is -2.28. The first kappa shape index (κ1) is 17.5. The van der Waals surface area contributed by atoms with E-state index in [1.165, 1.54) is 5.69 Å². The molecule has 1 unspecified atom stereocenters. The summed E-state index contributed by atoms with van der Waals surface area (Å²) in [7, 11) is 0. The summed E-state index contributed by atoms with van der Waals surface area (Å²) in [5.41, 5.74) is 3.92. The number of aromatic nitrogens is 1. The van der Waals surface area contributed by atoms with Crippen LogP contribution in [-0.4, -0.2) is 37.4 Å². The van der Waals surface area contributed by atoms with Crippen molar-refractivity contribution in [3.63, 3.8) is 0 Å². The van der Waals surface area contributed by atoms with Crippen LogP contribution in [0, 0.1) is 13.8 Å². The van der Waals surface area contributed by atoms with Gasteiger partial charge in [-0.15, -0.1) is 0 Å². The molecular formula is C19H25N3O3. The molecule has 25 heavy (non-hydrogen) atoms. The Morgan fingerprint density at radius 3 is 2.52 bits per heavy atom. The second-order valence-corrected chi connectivity index (χ2v) is 6.44. The fraction of sp³-hybridized carbons (Fsp3) is 0.474. The highest BCUT2D eigenvalue weighted by molar-refractivity contribution is 5.83. The lowest BCUT2D eigenvalue weighted by molar-refractivity contribution is -0.122. The maximum atomic E-state index is 12.4. The van der Waals surface area contributed by atoms with Gasteiger partial charge in [0.2, 0.25) is 5.91 Å². The molecule has 1 fully saturated rings. The number of rotatable bonds is 5. The number of nitrogens with zero attached hydrogens (tertiary/aromatic N) is 2. The molecule has 0 saturated carbocycles. The van der Waals surface area contributed by atoms with E-state index < -0.39 is 0 Å². The van der Waals surface area contributed by atoms with Gasteiger partial charge >= 0.3 is 0 Å². The van der Waals surface area contributed by atoms with E-state index in [1.54, 1.807) is 0 Å². The SMILES string of the molecule is Cc1noc(C)c1C(C)C(=O)NCc1ccc(N2CCOCC2)cc1. The molecule has 0 bridgehead atoms. The zero-order chi connectivity index (χ0) is 17.8. The van der Waals surface area contributed by atoms with Crippen molar-refractivity contribution in [2.75, 3.05) is 31.2 Å². The molecule has 1 atom stereocenters. The van der Waals surface area contributed by atoms with E-state index in [0.29, 0.717) is 12.3 Å². The molecule has 1 saturated heterocycles. The summed E-state index contributed by atoms with van der Waals surface area (Å²) in [6.45, 7) is 9.48. The molecule has 1 aliphatic rings. The van der Waals surface area contributed by atoms with E-state index in [0.717, 1.165) is 43.1 Å². The molecule has 134 valence electrons. The normalized spacial score (nSPS) is 15.9. The number of carbonyl (C=O) groups excluding carboxylic acids is 1. The van der Waals surface area contributed by atoms with Crippen LogP contribution in [0.15, 0.2) is 28.8 Å². The molecule has 1 N–H and O–H groups in total. The van der Waals surface area contributed by atoms with Crippen LogP contribution in [0.2, 0.25) is 0 Å². The molecule has 0 radical (unpaired) electrons. The van der Waals surface area contributed by atoms with Gasteiger partial charge in [0.05, 0.1) is 24.8 Å². The van der Waals surface area contributed by atoms with E-state index >= 15 is 0 Å². The number of anilines is 1. The Hall–Kier alpha value is -2.34. The third-order valence-electron chi connectivity index (χ3n) is 4.69. The van der Waals surface area contributed by atoms with Crippen molar-refractivity contribution < 1.29 is 14.1 Å². The smallest absolute Gasteiger partial charge is 0.227 e. The van der Waals surface area contributed by atoms with Crippen molar-refractivity contribution in [3.8, 4) is 0 Å². The molecule has 6 heteroatoms. The summed E-state index contributed by atoms with van der Waals surface area (Å²) in [6, 6.07) is 8.33. The first-order chi connectivity index (χ1) is 12.1. The summed E-state index contributed by atoms with van der Waals surface area (Å²) in [6.07, 6.45) is 0. The molecule has 3 rings (SSSR count). The third kappa shape index (κ3) is 4.02. The van der Waals surface area contributed by atoms with Crippen molar-refractivity contribution in [2.45, 2.75) is 33.2 Å². The quantitative estimate of drug-likeness (QED) is 0.904. The van der Waals surface area contributed by atoms with Gasteiger partial charge in [0.25, 0.3) is 0 Å². The van der Waals surface area contributed by atoms with Gasteiger partial charge in [0.15, 0.2) is 0 Å². The van der Waals surface area contributed by atoms with Gasteiger partial charge < -0.3 is 19.5 Å². The average Bonchev–Trinajstić information content (AvgIpc) is 2.98. The summed E-state index contributed by atoms with van der Waals surface area (Å²) < 4.78 is 10.5.